The lowest BCUT2D eigenvalue weighted by Gasteiger charge is -2.21. The Morgan fingerprint density at radius 2 is 1.71 bits per heavy atom. The van der Waals surface area contributed by atoms with Gasteiger partial charge in [0.05, 0.1) is 11.1 Å². The van der Waals surface area contributed by atoms with E-state index in [2.05, 4.69) is 58.4 Å². The second-order valence-electron chi connectivity index (χ2n) is 5.73. The van der Waals surface area contributed by atoms with Crippen molar-refractivity contribution in [2.45, 2.75) is 40.2 Å². The van der Waals surface area contributed by atoms with E-state index in [1.165, 1.54) is 33.3 Å². The molecule has 0 radical (unpaired) electrons. The van der Waals surface area contributed by atoms with Crippen LogP contribution in [0.2, 0.25) is 0 Å². The van der Waals surface area contributed by atoms with Gasteiger partial charge in [-0.25, -0.2) is 0 Å². The van der Waals surface area contributed by atoms with Crippen LogP contribution in [0.15, 0.2) is 12.1 Å². The Morgan fingerprint density at radius 1 is 1.12 bits per heavy atom. The highest BCUT2D eigenvalue weighted by Gasteiger charge is 2.24. The lowest BCUT2D eigenvalue weighted by Crippen LogP contribution is -2.31. The van der Waals surface area contributed by atoms with Crippen molar-refractivity contribution < 1.29 is 0 Å². The van der Waals surface area contributed by atoms with Gasteiger partial charge in [0, 0.05) is 18.1 Å². The van der Waals surface area contributed by atoms with Crippen molar-refractivity contribution >= 4 is 10.9 Å². The minimum absolute atomic E-state index is 0.307. The van der Waals surface area contributed by atoms with Crippen molar-refractivity contribution in [2.24, 2.45) is 12.8 Å². The van der Waals surface area contributed by atoms with Gasteiger partial charge in [-0.15, -0.1) is 0 Å². The van der Waals surface area contributed by atoms with E-state index in [-0.39, 0.29) is 5.54 Å². The molecule has 0 unspecified atom stereocenters. The van der Waals surface area contributed by atoms with Crippen molar-refractivity contribution in [1.29, 1.82) is 0 Å². The van der Waals surface area contributed by atoms with Crippen LogP contribution in [0.4, 0.5) is 0 Å². The van der Waals surface area contributed by atoms with Crippen LogP contribution >= 0.6 is 0 Å². The number of aryl methyl sites for hydroxylation is 4. The number of hydrogen-bond donors (Lipinski definition) is 1. The van der Waals surface area contributed by atoms with Gasteiger partial charge >= 0.3 is 0 Å². The molecule has 0 saturated carbocycles. The predicted molar refractivity (Wildman–Crippen MR) is 74.3 cm³/mol. The van der Waals surface area contributed by atoms with Gasteiger partial charge in [0.1, 0.15) is 0 Å². The third-order valence-corrected chi connectivity index (χ3v) is 3.49. The van der Waals surface area contributed by atoms with E-state index in [0.29, 0.717) is 0 Å². The summed E-state index contributed by atoms with van der Waals surface area (Å²) in [4.78, 5) is 0. The lowest BCUT2D eigenvalue weighted by atomic mass is 9.97. The standard InChI is InChI=1S/C15H22N2/c1-9-7-10(2)13-12(8-9)11(3)14(17(13)6)15(4,5)16/h7-8H,16H2,1-6H3. The fourth-order valence-corrected chi connectivity index (χ4v) is 3.10. The number of fused-ring (bicyclic) bond motifs is 1. The zero-order valence-electron chi connectivity index (χ0n) is 11.7. The molecule has 0 atom stereocenters. The average Bonchev–Trinajstić information content (AvgIpc) is 2.37. The van der Waals surface area contributed by atoms with E-state index in [0.717, 1.165) is 0 Å². The van der Waals surface area contributed by atoms with Crippen LogP contribution in [-0.4, -0.2) is 4.57 Å². The average molecular weight is 230 g/mol. The summed E-state index contributed by atoms with van der Waals surface area (Å²) in [5, 5.41) is 1.33. The van der Waals surface area contributed by atoms with Crippen LogP contribution in [0.3, 0.4) is 0 Å². The van der Waals surface area contributed by atoms with Gasteiger partial charge in [0.25, 0.3) is 0 Å². The summed E-state index contributed by atoms with van der Waals surface area (Å²) in [5.41, 5.74) is 12.5. The van der Waals surface area contributed by atoms with Gasteiger partial charge in [-0.2, -0.15) is 0 Å². The van der Waals surface area contributed by atoms with Crippen molar-refractivity contribution in [2.75, 3.05) is 0 Å². The molecular weight excluding hydrogens is 208 g/mol. The summed E-state index contributed by atoms with van der Waals surface area (Å²) in [6, 6.07) is 4.49. The third kappa shape index (κ3) is 1.77. The second kappa shape index (κ2) is 3.61. The Bertz CT molecular complexity index is 583. The zero-order valence-corrected chi connectivity index (χ0v) is 11.7. The Labute approximate surface area is 103 Å². The van der Waals surface area contributed by atoms with E-state index < -0.39 is 0 Å². The van der Waals surface area contributed by atoms with Crippen molar-refractivity contribution in [3.63, 3.8) is 0 Å². The molecule has 92 valence electrons. The summed E-state index contributed by atoms with van der Waals surface area (Å²) >= 11 is 0. The molecule has 0 spiro atoms. The Kier molecular flexibility index (Phi) is 2.58. The van der Waals surface area contributed by atoms with Gasteiger partial charge in [0.2, 0.25) is 0 Å². The van der Waals surface area contributed by atoms with Crippen molar-refractivity contribution in [3.8, 4) is 0 Å². The number of aromatic nitrogens is 1. The van der Waals surface area contributed by atoms with Gasteiger partial charge < -0.3 is 10.3 Å². The maximum Gasteiger partial charge on any atom is 0.0513 e. The van der Waals surface area contributed by atoms with E-state index in [1.54, 1.807) is 0 Å². The Balaban J connectivity index is 2.96. The molecule has 0 fully saturated rings. The molecule has 0 bridgehead atoms. The Morgan fingerprint density at radius 3 is 2.24 bits per heavy atom. The van der Waals surface area contributed by atoms with Crippen LogP contribution in [0, 0.1) is 20.8 Å². The molecule has 2 heteroatoms. The van der Waals surface area contributed by atoms with Gasteiger partial charge in [-0.05, 0) is 51.8 Å². The molecule has 0 aliphatic carbocycles. The first-order chi connectivity index (χ1) is 7.73. The number of nitrogens with two attached hydrogens (primary N) is 1. The van der Waals surface area contributed by atoms with Crippen LogP contribution in [0.5, 0.6) is 0 Å². The quantitative estimate of drug-likeness (QED) is 0.800. The van der Waals surface area contributed by atoms with Crippen LogP contribution in [-0.2, 0) is 12.6 Å². The van der Waals surface area contributed by atoms with E-state index in [9.17, 15) is 0 Å². The molecule has 0 amide bonds. The molecule has 0 aliphatic rings. The molecule has 17 heavy (non-hydrogen) atoms. The highest BCUT2D eigenvalue weighted by atomic mass is 15.0. The topological polar surface area (TPSA) is 30.9 Å². The largest absolute Gasteiger partial charge is 0.346 e. The summed E-state index contributed by atoms with van der Waals surface area (Å²) in [6.45, 7) is 10.6. The first-order valence-electron chi connectivity index (χ1n) is 6.09. The molecule has 2 N–H and O–H groups in total. The highest BCUT2D eigenvalue weighted by Crippen LogP contribution is 2.33. The molecule has 1 aromatic carbocycles. The molecular formula is C15H22N2. The van der Waals surface area contributed by atoms with E-state index >= 15 is 0 Å². The first kappa shape index (κ1) is 12.2. The fraction of sp³-hybridized carbons (Fsp3) is 0.467. The maximum atomic E-state index is 6.29. The molecule has 1 aromatic heterocycles. The first-order valence-corrected chi connectivity index (χ1v) is 6.09. The monoisotopic (exact) mass is 230 g/mol. The van der Waals surface area contributed by atoms with Crippen molar-refractivity contribution in [1.82, 2.24) is 4.57 Å². The number of hydrogen-bond acceptors (Lipinski definition) is 1. The molecule has 2 aromatic rings. The molecule has 2 rings (SSSR count). The molecule has 0 aliphatic heterocycles. The summed E-state index contributed by atoms with van der Waals surface area (Å²) < 4.78 is 2.25. The lowest BCUT2D eigenvalue weighted by molar-refractivity contribution is 0.513. The minimum atomic E-state index is -0.307. The van der Waals surface area contributed by atoms with Gasteiger partial charge in [-0.3, -0.25) is 0 Å². The second-order valence-corrected chi connectivity index (χ2v) is 5.73. The summed E-state index contributed by atoms with van der Waals surface area (Å²) in [5.74, 6) is 0. The summed E-state index contributed by atoms with van der Waals surface area (Å²) in [7, 11) is 2.11. The smallest absolute Gasteiger partial charge is 0.0513 e. The summed E-state index contributed by atoms with van der Waals surface area (Å²) in [6.07, 6.45) is 0. The molecule has 1 heterocycles. The third-order valence-electron chi connectivity index (χ3n) is 3.49. The SMILES string of the molecule is Cc1cc(C)c2c(c1)c(C)c(C(C)(C)N)n2C. The molecule has 0 saturated heterocycles. The Hall–Kier alpha value is -1.28. The van der Waals surface area contributed by atoms with E-state index in [1.807, 2.05) is 0 Å². The van der Waals surface area contributed by atoms with Gasteiger partial charge in [0.15, 0.2) is 0 Å². The number of nitrogens with zero attached hydrogens (tertiary/aromatic N) is 1. The number of benzene rings is 1. The highest BCUT2D eigenvalue weighted by molar-refractivity contribution is 5.89. The van der Waals surface area contributed by atoms with Crippen LogP contribution < -0.4 is 5.73 Å². The van der Waals surface area contributed by atoms with Crippen LogP contribution in [0.25, 0.3) is 10.9 Å². The maximum absolute atomic E-state index is 6.29. The van der Waals surface area contributed by atoms with Crippen molar-refractivity contribution in [3.05, 3.63) is 34.5 Å². The zero-order chi connectivity index (χ0) is 13.0. The van der Waals surface area contributed by atoms with E-state index in [4.69, 9.17) is 5.73 Å². The number of rotatable bonds is 1. The van der Waals surface area contributed by atoms with Gasteiger partial charge in [-0.1, -0.05) is 11.6 Å². The normalized spacial score (nSPS) is 12.4. The fourth-order valence-electron chi connectivity index (χ4n) is 3.10. The predicted octanol–water partition coefficient (Wildman–Crippen LogP) is 3.30. The van der Waals surface area contributed by atoms with Crippen LogP contribution in [0.1, 0.15) is 36.2 Å². The molecule has 2 nitrogen and oxygen atoms in total. The minimum Gasteiger partial charge on any atom is -0.346 e.